The normalized spacial score (nSPS) is 19.8. The minimum Gasteiger partial charge on any atom is -0.481 e. The maximum Gasteiger partial charge on any atom is 0.416 e. The van der Waals surface area contributed by atoms with Crippen molar-refractivity contribution in [2.75, 3.05) is 6.54 Å². The standard InChI is InChI=1S/C15H12F3NO3/c16-15(17,18)10-5-3-9(4-6-10)2-1-7-19-13(20)11-8-12(11)14(21)22/h3-6,11-12H,7-8H2,(H,19,20)(H,21,22)/t11-,12-/m1/s1. The van der Waals surface area contributed by atoms with Gasteiger partial charge in [-0.3, -0.25) is 9.59 Å². The lowest BCUT2D eigenvalue weighted by Gasteiger charge is -2.05. The third-order valence-electron chi connectivity index (χ3n) is 3.24. The van der Waals surface area contributed by atoms with Crippen LogP contribution in [0.2, 0.25) is 0 Å². The fourth-order valence-electron chi connectivity index (χ4n) is 1.91. The first-order valence-corrected chi connectivity index (χ1v) is 6.45. The largest absolute Gasteiger partial charge is 0.481 e. The highest BCUT2D eigenvalue weighted by Gasteiger charge is 2.48. The van der Waals surface area contributed by atoms with E-state index in [0.717, 1.165) is 12.1 Å². The summed E-state index contributed by atoms with van der Waals surface area (Å²) in [6.45, 7) is 0.0166. The summed E-state index contributed by atoms with van der Waals surface area (Å²) in [7, 11) is 0. The molecule has 0 heterocycles. The number of aliphatic carboxylic acids is 1. The number of nitrogens with one attached hydrogen (secondary N) is 1. The van der Waals surface area contributed by atoms with Crippen molar-refractivity contribution < 1.29 is 27.9 Å². The summed E-state index contributed by atoms with van der Waals surface area (Å²) in [4.78, 5) is 22.1. The average Bonchev–Trinajstić information content (AvgIpc) is 3.23. The molecule has 116 valence electrons. The molecule has 0 aliphatic heterocycles. The van der Waals surface area contributed by atoms with Crippen LogP contribution in [0.15, 0.2) is 24.3 Å². The minimum atomic E-state index is -4.38. The molecule has 0 aromatic heterocycles. The molecule has 22 heavy (non-hydrogen) atoms. The number of carbonyl (C=O) groups is 2. The van der Waals surface area contributed by atoms with Crippen LogP contribution in [0.25, 0.3) is 0 Å². The molecule has 1 aliphatic carbocycles. The van der Waals surface area contributed by atoms with E-state index in [9.17, 15) is 22.8 Å². The maximum atomic E-state index is 12.4. The summed E-state index contributed by atoms with van der Waals surface area (Å²) < 4.78 is 37.1. The molecule has 2 N–H and O–H groups in total. The predicted molar refractivity (Wildman–Crippen MR) is 70.6 cm³/mol. The Morgan fingerprint density at radius 1 is 1.23 bits per heavy atom. The lowest BCUT2D eigenvalue weighted by Crippen LogP contribution is -2.26. The fourth-order valence-corrected chi connectivity index (χ4v) is 1.91. The van der Waals surface area contributed by atoms with Crippen LogP contribution < -0.4 is 5.32 Å². The van der Waals surface area contributed by atoms with Gasteiger partial charge in [0.1, 0.15) is 0 Å². The molecule has 2 atom stereocenters. The Bertz CT molecular complexity index is 641. The second kappa shape index (κ2) is 6.10. The summed E-state index contributed by atoms with van der Waals surface area (Å²) in [5.74, 6) is 2.74. The fraction of sp³-hybridized carbons (Fsp3) is 0.333. The number of hydrogen-bond donors (Lipinski definition) is 2. The zero-order valence-corrected chi connectivity index (χ0v) is 11.3. The summed E-state index contributed by atoms with van der Waals surface area (Å²) in [5.41, 5.74) is -0.350. The van der Waals surface area contributed by atoms with E-state index in [4.69, 9.17) is 5.11 Å². The van der Waals surface area contributed by atoms with Gasteiger partial charge in [-0.25, -0.2) is 0 Å². The smallest absolute Gasteiger partial charge is 0.416 e. The van der Waals surface area contributed by atoms with E-state index in [1.807, 2.05) is 0 Å². The molecule has 0 saturated heterocycles. The van der Waals surface area contributed by atoms with Gasteiger partial charge in [0.15, 0.2) is 0 Å². The van der Waals surface area contributed by atoms with Crippen molar-refractivity contribution in [1.82, 2.24) is 5.32 Å². The molecule has 1 amide bonds. The highest BCUT2D eigenvalue weighted by atomic mass is 19.4. The summed E-state index contributed by atoms with van der Waals surface area (Å²) in [6, 6.07) is 4.37. The molecule has 1 aromatic rings. The van der Waals surface area contributed by atoms with Gasteiger partial charge in [0.2, 0.25) is 5.91 Å². The molecule has 0 radical (unpaired) electrons. The third kappa shape index (κ3) is 4.01. The zero-order chi connectivity index (χ0) is 16.3. The van der Waals surface area contributed by atoms with E-state index in [1.165, 1.54) is 12.1 Å². The number of benzene rings is 1. The highest BCUT2D eigenvalue weighted by molar-refractivity contribution is 5.89. The van der Waals surface area contributed by atoms with Crippen LogP contribution in [-0.4, -0.2) is 23.5 Å². The topological polar surface area (TPSA) is 66.4 Å². The van der Waals surface area contributed by atoms with E-state index in [1.54, 1.807) is 0 Å². The Morgan fingerprint density at radius 2 is 1.86 bits per heavy atom. The summed E-state index contributed by atoms with van der Waals surface area (Å²) >= 11 is 0. The molecule has 7 heteroatoms. The molecule has 1 saturated carbocycles. The Kier molecular flexibility index (Phi) is 4.40. The molecule has 1 aromatic carbocycles. The highest BCUT2D eigenvalue weighted by Crippen LogP contribution is 2.38. The van der Waals surface area contributed by atoms with Gasteiger partial charge in [-0.15, -0.1) is 0 Å². The van der Waals surface area contributed by atoms with E-state index in [2.05, 4.69) is 17.2 Å². The average molecular weight is 311 g/mol. The van der Waals surface area contributed by atoms with E-state index in [0.29, 0.717) is 12.0 Å². The van der Waals surface area contributed by atoms with E-state index >= 15 is 0 Å². The number of carboxylic acid groups (broad SMARTS) is 1. The number of hydrogen-bond acceptors (Lipinski definition) is 2. The summed E-state index contributed by atoms with van der Waals surface area (Å²) in [5, 5.41) is 11.2. The number of halogens is 3. The van der Waals surface area contributed by atoms with Crippen LogP contribution in [-0.2, 0) is 15.8 Å². The second-order valence-corrected chi connectivity index (χ2v) is 4.88. The van der Waals surface area contributed by atoms with Gasteiger partial charge in [0.25, 0.3) is 0 Å². The van der Waals surface area contributed by atoms with Crippen molar-refractivity contribution in [2.45, 2.75) is 12.6 Å². The Hall–Kier alpha value is -2.49. The van der Waals surface area contributed by atoms with Crippen molar-refractivity contribution in [2.24, 2.45) is 11.8 Å². The molecular formula is C15H12F3NO3. The molecule has 0 bridgehead atoms. The predicted octanol–water partition coefficient (Wildman–Crippen LogP) is 1.89. The first kappa shape index (κ1) is 15.9. The van der Waals surface area contributed by atoms with Gasteiger partial charge >= 0.3 is 12.1 Å². The lowest BCUT2D eigenvalue weighted by atomic mass is 10.1. The van der Waals surface area contributed by atoms with Gasteiger partial charge in [-0.05, 0) is 30.7 Å². The Morgan fingerprint density at radius 3 is 2.36 bits per heavy atom. The van der Waals surface area contributed by atoms with Gasteiger partial charge < -0.3 is 10.4 Å². The minimum absolute atomic E-state index is 0.0166. The van der Waals surface area contributed by atoms with Crippen molar-refractivity contribution in [3.05, 3.63) is 35.4 Å². The van der Waals surface area contributed by atoms with Gasteiger partial charge in [-0.2, -0.15) is 13.2 Å². The van der Waals surface area contributed by atoms with E-state index < -0.39 is 29.5 Å². The molecule has 1 aliphatic rings. The van der Waals surface area contributed by atoms with Crippen molar-refractivity contribution >= 4 is 11.9 Å². The van der Waals surface area contributed by atoms with Crippen LogP contribution in [0.4, 0.5) is 13.2 Å². The molecular weight excluding hydrogens is 299 g/mol. The maximum absolute atomic E-state index is 12.4. The van der Waals surface area contributed by atoms with Gasteiger partial charge in [-0.1, -0.05) is 11.8 Å². The molecule has 2 rings (SSSR count). The SMILES string of the molecule is O=C(O)[C@@H]1C[C@H]1C(=O)NCC#Cc1ccc(C(F)(F)F)cc1. The molecule has 0 unspecified atom stereocenters. The van der Waals surface area contributed by atoms with Crippen molar-refractivity contribution in [3.63, 3.8) is 0 Å². The van der Waals surface area contributed by atoms with Crippen LogP contribution >= 0.6 is 0 Å². The Labute approximate surface area is 124 Å². The van der Waals surface area contributed by atoms with Crippen molar-refractivity contribution in [3.8, 4) is 11.8 Å². The summed E-state index contributed by atoms with van der Waals surface area (Å²) in [6.07, 6.45) is -4.06. The molecule has 1 fully saturated rings. The number of amides is 1. The monoisotopic (exact) mass is 311 g/mol. The number of alkyl halides is 3. The quantitative estimate of drug-likeness (QED) is 0.838. The van der Waals surface area contributed by atoms with Gasteiger partial charge in [0.05, 0.1) is 23.9 Å². The van der Waals surface area contributed by atoms with E-state index in [-0.39, 0.29) is 12.5 Å². The molecule has 4 nitrogen and oxygen atoms in total. The van der Waals surface area contributed by atoms with Crippen LogP contribution in [0.5, 0.6) is 0 Å². The number of carbonyl (C=O) groups excluding carboxylic acids is 1. The number of carboxylic acids is 1. The molecule has 0 spiro atoms. The van der Waals surface area contributed by atoms with Crippen LogP contribution in [0.3, 0.4) is 0 Å². The lowest BCUT2D eigenvalue weighted by molar-refractivity contribution is -0.140. The first-order valence-electron chi connectivity index (χ1n) is 6.45. The second-order valence-electron chi connectivity index (χ2n) is 4.88. The van der Waals surface area contributed by atoms with Crippen LogP contribution in [0.1, 0.15) is 17.5 Å². The Balaban J connectivity index is 1.82. The van der Waals surface area contributed by atoms with Crippen LogP contribution in [0, 0.1) is 23.7 Å². The number of rotatable bonds is 3. The zero-order valence-electron chi connectivity index (χ0n) is 11.3. The van der Waals surface area contributed by atoms with Gasteiger partial charge in [0, 0.05) is 5.56 Å². The first-order chi connectivity index (χ1) is 10.3. The third-order valence-corrected chi connectivity index (χ3v) is 3.24. The van der Waals surface area contributed by atoms with Crippen molar-refractivity contribution in [1.29, 1.82) is 0 Å².